The molecule has 160 valence electrons. The smallest absolute Gasteiger partial charge is 0.412 e. The first-order chi connectivity index (χ1) is 14.9. The van der Waals surface area contributed by atoms with Crippen molar-refractivity contribution in [3.05, 3.63) is 65.9 Å². The van der Waals surface area contributed by atoms with E-state index in [1.54, 1.807) is 12.1 Å². The number of methoxy groups -OCH3 is 2. The van der Waals surface area contributed by atoms with Crippen LogP contribution in [0, 0.1) is 5.41 Å². The van der Waals surface area contributed by atoms with E-state index in [-0.39, 0.29) is 11.8 Å². The molecule has 1 heterocycles. The number of carbonyl (C=O) groups is 2. The number of carbonyl (C=O) groups excluding carboxylic acids is 2. The van der Waals surface area contributed by atoms with E-state index in [2.05, 4.69) is 14.8 Å². The fourth-order valence-corrected chi connectivity index (χ4v) is 3.08. The van der Waals surface area contributed by atoms with Crippen LogP contribution in [0.3, 0.4) is 0 Å². The Kier molecular flexibility index (Phi) is 6.81. The predicted octanol–water partition coefficient (Wildman–Crippen LogP) is 3.54. The van der Waals surface area contributed by atoms with E-state index in [1.807, 2.05) is 54.2 Å². The Morgan fingerprint density at radius 2 is 1.65 bits per heavy atom. The van der Waals surface area contributed by atoms with Crippen LogP contribution >= 0.6 is 0 Å². The van der Waals surface area contributed by atoms with Crippen LogP contribution in [0.25, 0.3) is 22.6 Å². The van der Waals surface area contributed by atoms with Crippen LogP contribution in [0.15, 0.2) is 54.7 Å². The van der Waals surface area contributed by atoms with Crippen LogP contribution in [0.4, 0.5) is 4.79 Å². The molecule has 8 nitrogen and oxygen atoms in total. The first-order valence-electron chi connectivity index (χ1n) is 9.65. The van der Waals surface area contributed by atoms with Crippen LogP contribution < -0.4 is 5.32 Å². The highest BCUT2D eigenvalue weighted by molar-refractivity contribution is 6.04. The van der Waals surface area contributed by atoms with Gasteiger partial charge in [0, 0.05) is 36.4 Å². The summed E-state index contributed by atoms with van der Waals surface area (Å²) < 4.78 is 11.1. The van der Waals surface area contributed by atoms with Crippen molar-refractivity contribution in [2.45, 2.75) is 12.8 Å². The standard InChI is InChI=1S/C23H24N4O4/c1-27-14-19(16-9-11-17(12-10-16)21(24)26-23(29)31-3)25-22(27)18-7-4-15(5-8-18)6-13-20(28)30-2/h4-5,7-12,14H,6,13H2,1-3H3,(H2,24,26,29). The molecular formula is C23H24N4O4. The van der Waals surface area contributed by atoms with Gasteiger partial charge >= 0.3 is 12.1 Å². The minimum absolute atomic E-state index is 0.0348. The van der Waals surface area contributed by atoms with Crippen LogP contribution in [0.2, 0.25) is 0 Å². The van der Waals surface area contributed by atoms with E-state index >= 15 is 0 Å². The van der Waals surface area contributed by atoms with Crippen molar-refractivity contribution in [2.24, 2.45) is 7.05 Å². The first-order valence-corrected chi connectivity index (χ1v) is 9.65. The number of imidazole rings is 1. The molecule has 0 saturated carbocycles. The molecular weight excluding hydrogens is 396 g/mol. The van der Waals surface area contributed by atoms with Crippen molar-refractivity contribution < 1.29 is 19.1 Å². The number of benzene rings is 2. The Morgan fingerprint density at radius 3 is 2.26 bits per heavy atom. The van der Waals surface area contributed by atoms with Crippen LogP contribution in [0.5, 0.6) is 0 Å². The van der Waals surface area contributed by atoms with Crippen molar-refractivity contribution in [3.63, 3.8) is 0 Å². The summed E-state index contributed by atoms with van der Waals surface area (Å²) in [7, 11) is 4.57. The van der Waals surface area contributed by atoms with Gasteiger partial charge in [-0.05, 0) is 12.0 Å². The maximum absolute atomic E-state index is 11.3. The van der Waals surface area contributed by atoms with Gasteiger partial charge in [0.05, 0.1) is 19.9 Å². The van der Waals surface area contributed by atoms with E-state index in [0.717, 1.165) is 28.2 Å². The Hall–Kier alpha value is -3.94. The van der Waals surface area contributed by atoms with E-state index < -0.39 is 6.09 Å². The van der Waals surface area contributed by atoms with Gasteiger partial charge < -0.3 is 14.0 Å². The number of nitrogens with zero attached hydrogens (tertiary/aromatic N) is 2. The zero-order valence-electron chi connectivity index (χ0n) is 17.6. The quantitative estimate of drug-likeness (QED) is 0.360. The molecule has 8 heteroatoms. The van der Waals surface area contributed by atoms with Gasteiger partial charge in [0.15, 0.2) is 0 Å². The van der Waals surface area contributed by atoms with Crippen molar-refractivity contribution in [1.82, 2.24) is 14.9 Å². The molecule has 3 aromatic rings. The largest absolute Gasteiger partial charge is 0.469 e. The number of ether oxygens (including phenoxy) is 2. The third-order valence-corrected chi connectivity index (χ3v) is 4.82. The molecule has 0 fully saturated rings. The summed E-state index contributed by atoms with van der Waals surface area (Å²) in [4.78, 5) is 27.3. The molecule has 0 spiro atoms. The maximum Gasteiger partial charge on any atom is 0.412 e. The number of amides is 1. The lowest BCUT2D eigenvalue weighted by atomic mass is 10.1. The summed E-state index contributed by atoms with van der Waals surface area (Å²) >= 11 is 0. The second-order valence-electron chi connectivity index (χ2n) is 6.90. The molecule has 0 aliphatic carbocycles. The second-order valence-corrected chi connectivity index (χ2v) is 6.90. The van der Waals surface area contributed by atoms with Gasteiger partial charge in [-0.25, -0.2) is 9.78 Å². The van der Waals surface area contributed by atoms with E-state index in [0.29, 0.717) is 18.4 Å². The average Bonchev–Trinajstić information content (AvgIpc) is 3.19. The fraction of sp³-hybridized carbons (Fsp3) is 0.217. The van der Waals surface area contributed by atoms with Gasteiger partial charge in [-0.2, -0.15) is 0 Å². The van der Waals surface area contributed by atoms with E-state index in [4.69, 9.17) is 10.4 Å². The number of amidine groups is 1. The monoisotopic (exact) mass is 420 g/mol. The average molecular weight is 420 g/mol. The van der Waals surface area contributed by atoms with Crippen LogP contribution in [-0.2, 0) is 27.7 Å². The van der Waals surface area contributed by atoms with Crippen molar-refractivity contribution >= 4 is 17.9 Å². The molecule has 1 aromatic heterocycles. The fourth-order valence-electron chi connectivity index (χ4n) is 3.08. The Morgan fingerprint density at radius 1 is 1.00 bits per heavy atom. The summed E-state index contributed by atoms with van der Waals surface area (Å²) in [5.74, 6) is 0.561. The molecule has 0 aliphatic heterocycles. The molecule has 2 aromatic carbocycles. The summed E-state index contributed by atoms with van der Waals surface area (Å²) in [5.41, 5.74) is 4.28. The van der Waals surface area contributed by atoms with Crippen LogP contribution in [0.1, 0.15) is 17.5 Å². The second kappa shape index (κ2) is 9.71. The topological polar surface area (TPSA) is 106 Å². The number of esters is 1. The van der Waals surface area contributed by atoms with E-state index in [1.165, 1.54) is 14.2 Å². The zero-order chi connectivity index (χ0) is 22.4. The molecule has 0 saturated heterocycles. The van der Waals surface area contributed by atoms with Crippen LogP contribution in [-0.4, -0.2) is 41.7 Å². The summed E-state index contributed by atoms with van der Waals surface area (Å²) in [6.07, 6.45) is 2.24. The normalized spacial score (nSPS) is 10.4. The molecule has 0 radical (unpaired) electrons. The lowest BCUT2D eigenvalue weighted by molar-refractivity contribution is -0.140. The first kappa shape index (κ1) is 21.8. The maximum atomic E-state index is 11.3. The van der Waals surface area contributed by atoms with Gasteiger partial charge in [0.2, 0.25) is 0 Å². The molecule has 1 amide bonds. The molecule has 0 unspecified atom stereocenters. The number of hydrogen-bond acceptors (Lipinski definition) is 6. The molecule has 0 aliphatic rings. The Labute approximate surface area is 180 Å². The lowest BCUT2D eigenvalue weighted by Gasteiger charge is -2.06. The Bertz CT molecular complexity index is 1090. The molecule has 3 rings (SSSR count). The van der Waals surface area contributed by atoms with Gasteiger partial charge in [-0.15, -0.1) is 0 Å². The molecule has 2 N–H and O–H groups in total. The number of hydrogen-bond donors (Lipinski definition) is 2. The number of rotatable bonds is 6. The van der Waals surface area contributed by atoms with E-state index in [9.17, 15) is 9.59 Å². The van der Waals surface area contributed by atoms with Gasteiger partial charge in [0.1, 0.15) is 11.7 Å². The minimum Gasteiger partial charge on any atom is -0.469 e. The highest BCUT2D eigenvalue weighted by Gasteiger charge is 2.11. The summed E-state index contributed by atoms with van der Waals surface area (Å²) in [6.45, 7) is 0. The SMILES string of the molecule is COC(=O)CCc1ccc(-c2nc(-c3ccc(C(=N)NC(=O)OC)cc3)cn2C)cc1. The molecule has 0 atom stereocenters. The van der Waals surface area contributed by atoms with Crippen molar-refractivity contribution in [1.29, 1.82) is 5.41 Å². The number of nitrogens with one attached hydrogen (secondary N) is 2. The van der Waals surface area contributed by atoms with Crippen molar-refractivity contribution in [3.8, 4) is 22.6 Å². The summed E-state index contributed by atoms with van der Waals surface area (Å²) in [6, 6.07) is 15.2. The number of aryl methyl sites for hydroxylation is 2. The van der Waals surface area contributed by atoms with Gasteiger partial charge in [-0.1, -0.05) is 48.5 Å². The third-order valence-electron chi connectivity index (χ3n) is 4.82. The summed E-state index contributed by atoms with van der Waals surface area (Å²) in [5, 5.41) is 10.3. The van der Waals surface area contributed by atoms with Gasteiger partial charge in [-0.3, -0.25) is 15.5 Å². The zero-order valence-corrected chi connectivity index (χ0v) is 17.6. The molecule has 0 bridgehead atoms. The highest BCUT2D eigenvalue weighted by Crippen LogP contribution is 2.25. The Balaban J connectivity index is 1.74. The van der Waals surface area contributed by atoms with Crippen molar-refractivity contribution in [2.75, 3.05) is 14.2 Å². The third kappa shape index (κ3) is 5.36. The predicted molar refractivity (Wildman–Crippen MR) is 117 cm³/mol. The lowest BCUT2D eigenvalue weighted by Crippen LogP contribution is -2.30. The molecule has 31 heavy (non-hydrogen) atoms. The number of alkyl carbamates (subject to hydrolysis) is 1. The highest BCUT2D eigenvalue weighted by atomic mass is 16.5. The minimum atomic E-state index is -0.681. The van der Waals surface area contributed by atoms with Gasteiger partial charge in [0.25, 0.3) is 0 Å². The number of aromatic nitrogens is 2.